The molecule has 1 aromatic carbocycles. The minimum Gasteiger partial charge on any atom is -0.325 e. The SMILES string of the molecule is Cc1nccc(-c2cccc(NC(=O)C3(C#N)CC3)c2)n1. The summed E-state index contributed by atoms with van der Waals surface area (Å²) in [5.74, 6) is 0.476. The minimum atomic E-state index is -0.818. The van der Waals surface area contributed by atoms with Gasteiger partial charge < -0.3 is 5.32 Å². The largest absolute Gasteiger partial charge is 0.325 e. The van der Waals surface area contributed by atoms with Crippen molar-refractivity contribution >= 4 is 11.6 Å². The Morgan fingerprint density at radius 3 is 2.86 bits per heavy atom. The summed E-state index contributed by atoms with van der Waals surface area (Å²) in [6.45, 7) is 1.83. The lowest BCUT2D eigenvalue weighted by molar-refractivity contribution is -0.119. The van der Waals surface area contributed by atoms with E-state index in [0.29, 0.717) is 24.4 Å². The van der Waals surface area contributed by atoms with Crippen molar-refractivity contribution in [3.05, 3.63) is 42.4 Å². The Kier molecular flexibility index (Phi) is 3.15. The zero-order chi connectivity index (χ0) is 14.9. The van der Waals surface area contributed by atoms with Crippen LogP contribution in [0.25, 0.3) is 11.3 Å². The molecule has 5 nitrogen and oxygen atoms in total. The van der Waals surface area contributed by atoms with Crippen molar-refractivity contribution in [2.45, 2.75) is 19.8 Å². The van der Waals surface area contributed by atoms with Gasteiger partial charge in [0.05, 0.1) is 11.8 Å². The van der Waals surface area contributed by atoms with E-state index in [1.165, 1.54) is 0 Å². The van der Waals surface area contributed by atoms with Crippen LogP contribution < -0.4 is 5.32 Å². The molecule has 0 radical (unpaired) electrons. The smallest absolute Gasteiger partial charge is 0.244 e. The van der Waals surface area contributed by atoms with Crippen LogP contribution in [0.5, 0.6) is 0 Å². The second kappa shape index (κ2) is 4.98. The molecule has 1 aliphatic rings. The number of hydrogen-bond acceptors (Lipinski definition) is 4. The molecular formula is C16H14N4O. The molecule has 2 aromatic rings. The molecule has 3 rings (SSSR count). The summed E-state index contributed by atoms with van der Waals surface area (Å²) in [6, 6.07) is 11.4. The number of aryl methyl sites for hydroxylation is 1. The maximum atomic E-state index is 12.1. The first kappa shape index (κ1) is 13.3. The number of rotatable bonds is 3. The lowest BCUT2D eigenvalue weighted by Crippen LogP contribution is -2.22. The first-order valence-corrected chi connectivity index (χ1v) is 6.76. The van der Waals surface area contributed by atoms with Crippen molar-refractivity contribution in [1.82, 2.24) is 9.97 Å². The molecule has 104 valence electrons. The van der Waals surface area contributed by atoms with Crippen LogP contribution in [-0.4, -0.2) is 15.9 Å². The van der Waals surface area contributed by atoms with Gasteiger partial charge in [-0.1, -0.05) is 12.1 Å². The fraction of sp³-hybridized carbons (Fsp3) is 0.250. The maximum Gasteiger partial charge on any atom is 0.244 e. The Hall–Kier alpha value is -2.74. The van der Waals surface area contributed by atoms with E-state index < -0.39 is 5.41 Å². The number of nitriles is 1. The number of amides is 1. The summed E-state index contributed by atoms with van der Waals surface area (Å²) in [5, 5.41) is 11.9. The number of carbonyl (C=O) groups excluding carboxylic acids is 1. The zero-order valence-corrected chi connectivity index (χ0v) is 11.6. The number of anilines is 1. The van der Waals surface area contributed by atoms with Crippen molar-refractivity contribution in [2.75, 3.05) is 5.32 Å². The van der Waals surface area contributed by atoms with Gasteiger partial charge in [0.1, 0.15) is 11.2 Å². The molecule has 1 aliphatic carbocycles. The number of aromatic nitrogens is 2. The van der Waals surface area contributed by atoms with Gasteiger partial charge in [-0.25, -0.2) is 9.97 Å². The van der Waals surface area contributed by atoms with Crippen molar-refractivity contribution in [2.24, 2.45) is 5.41 Å². The monoisotopic (exact) mass is 278 g/mol. The Morgan fingerprint density at radius 1 is 1.38 bits per heavy atom. The van der Waals surface area contributed by atoms with Gasteiger partial charge in [0.25, 0.3) is 0 Å². The van der Waals surface area contributed by atoms with Gasteiger partial charge in [0.2, 0.25) is 5.91 Å². The number of nitrogens with one attached hydrogen (secondary N) is 1. The molecule has 0 spiro atoms. The second-order valence-corrected chi connectivity index (χ2v) is 5.22. The summed E-state index contributed by atoms with van der Waals surface area (Å²) in [4.78, 5) is 20.5. The van der Waals surface area contributed by atoms with Crippen LogP contribution >= 0.6 is 0 Å². The van der Waals surface area contributed by atoms with Gasteiger partial charge in [-0.15, -0.1) is 0 Å². The quantitative estimate of drug-likeness (QED) is 0.936. The molecule has 0 aliphatic heterocycles. The molecule has 0 unspecified atom stereocenters. The summed E-state index contributed by atoms with van der Waals surface area (Å²) in [6.07, 6.45) is 2.98. The highest BCUT2D eigenvalue weighted by atomic mass is 16.2. The van der Waals surface area contributed by atoms with E-state index in [0.717, 1.165) is 11.3 Å². The highest BCUT2D eigenvalue weighted by molar-refractivity contribution is 5.99. The van der Waals surface area contributed by atoms with Crippen LogP contribution in [0.15, 0.2) is 36.5 Å². The molecule has 1 heterocycles. The van der Waals surface area contributed by atoms with Gasteiger partial charge in [-0.05, 0) is 38.0 Å². The Bertz CT molecular complexity index is 744. The average molecular weight is 278 g/mol. The third-order valence-corrected chi connectivity index (χ3v) is 3.59. The van der Waals surface area contributed by atoms with Crippen LogP contribution in [0, 0.1) is 23.7 Å². The van der Waals surface area contributed by atoms with Gasteiger partial charge in [-0.2, -0.15) is 5.26 Å². The topological polar surface area (TPSA) is 78.7 Å². The van der Waals surface area contributed by atoms with Gasteiger partial charge in [0.15, 0.2) is 0 Å². The highest BCUT2D eigenvalue weighted by Crippen LogP contribution is 2.45. The third kappa shape index (κ3) is 2.61. The van der Waals surface area contributed by atoms with Crippen LogP contribution in [0.1, 0.15) is 18.7 Å². The standard InChI is InChI=1S/C16H14N4O/c1-11-18-8-5-14(19-11)12-3-2-4-13(9-12)20-15(21)16(10-17)6-7-16/h2-5,8-9H,6-7H2,1H3,(H,20,21). The van der Waals surface area contributed by atoms with E-state index in [9.17, 15) is 4.79 Å². The van der Waals surface area contributed by atoms with E-state index >= 15 is 0 Å². The van der Waals surface area contributed by atoms with Crippen LogP contribution in [-0.2, 0) is 4.79 Å². The number of benzene rings is 1. The molecule has 1 saturated carbocycles. The first-order chi connectivity index (χ1) is 10.1. The molecule has 21 heavy (non-hydrogen) atoms. The molecule has 5 heteroatoms. The van der Waals surface area contributed by atoms with E-state index in [1.54, 1.807) is 6.20 Å². The maximum absolute atomic E-state index is 12.1. The van der Waals surface area contributed by atoms with Crippen LogP contribution in [0.3, 0.4) is 0 Å². The molecule has 1 fully saturated rings. The Labute approximate surface area is 122 Å². The van der Waals surface area contributed by atoms with Gasteiger partial charge in [-0.3, -0.25) is 4.79 Å². The third-order valence-electron chi connectivity index (χ3n) is 3.59. The molecule has 0 saturated heterocycles. The zero-order valence-electron chi connectivity index (χ0n) is 11.6. The average Bonchev–Trinajstić information content (AvgIpc) is 3.29. The normalized spacial score (nSPS) is 15.0. The van der Waals surface area contributed by atoms with Crippen molar-refractivity contribution < 1.29 is 4.79 Å². The fourth-order valence-electron chi connectivity index (χ4n) is 2.14. The molecular weight excluding hydrogens is 264 g/mol. The summed E-state index contributed by atoms with van der Waals surface area (Å²) < 4.78 is 0. The second-order valence-electron chi connectivity index (χ2n) is 5.22. The van der Waals surface area contributed by atoms with E-state index in [-0.39, 0.29) is 5.91 Å². The molecule has 0 atom stereocenters. The summed E-state index contributed by atoms with van der Waals surface area (Å²) >= 11 is 0. The van der Waals surface area contributed by atoms with Crippen LogP contribution in [0.4, 0.5) is 5.69 Å². The Balaban J connectivity index is 1.84. The lowest BCUT2D eigenvalue weighted by atomic mass is 10.1. The molecule has 1 amide bonds. The van der Waals surface area contributed by atoms with Crippen molar-refractivity contribution in [3.63, 3.8) is 0 Å². The predicted octanol–water partition coefficient (Wildman–Crippen LogP) is 2.69. The van der Waals surface area contributed by atoms with Gasteiger partial charge >= 0.3 is 0 Å². The minimum absolute atomic E-state index is 0.221. The predicted molar refractivity (Wildman–Crippen MR) is 78.1 cm³/mol. The molecule has 1 aromatic heterocycles. The molecule has 0 bridgehead atoms. The fourth-order valence-corrected chi connectivity index (χ4v) is 2.14. The Morgan fingerprint density at radius 2 is 2.19 bits per heavy atom. The van der Waals surface area contributed by atoms with Crippen molar-refractivity contribution in [1.29, 1.82) is 5.26 Å². The molecule has 1 N–H and O–H groups in total. The van der Waals surface area contributed by atoms with E-state index in [2.05, 4.69) is 21.4 Å². The lowest BCUT2D eigenvalue weighted by Gasteiger charge is -2.09. The highest BCUT2D eigenvalue weighted by Gasteiger charge is 2.50. The summed E-state index contributed by atoms with van der Waals surface area (Å²) in [7, 11) is 0. The van der Waals surface area contributed by atoms with Crippen molar-refractivity contribution in [3.8, 4) is 17.3 Å². The number of carbonyl (C=O) groups is 1. The van der Waals surface area contributed by atoms with Crippen LogP contribution in [0.2, 0.25) is 0 Å². The van der Waals surface area contributed by atoms with E-state index in [4.69, 9.17) is 5.26 Å². The number of nitrogens with zero attached hydrogens (tertiary/aromatic N) is 3. The first-order valence-electron chi connectivity index (χ1n) is 6.76. The van der Waals surface area contributed by atoms with Gasteiger partial charge in [0, 0.05) is 17.4 Å². The van der Waals surface area contributed by atoms with E-state index in [1.807, 2.05) is 37.3 Å². The summed E-state index contributed by atoms with van der Waals surface area (Å²) in [5.41, 5.74) is 1.57. The number of hydrogen-bond donors (Lipinski definition) is 1.